The van der Waals surface area contributed by atoms with E-state index >= 15 is 0 Å². The molecule has 0 aliphatic heterocycles. The van der Waals surface area contributed by atoms with E-state index in [9.17, 15) is 13.2 Å². The van der Waals surface area contributed by atoms with Gasteiger partial charge in [0.2, 0.25) is 5.82 Å². The summed E-state index contributed by atoms with van der Waals surface area (Å²) in [6.45, 7) is 1.81. The SMILES string of the molecule is Cc1cc(-n2c(C(F)(F)F)nc3cccnc32)cc2cn[nH]c12. The third-order valence-corrected chi connectivity index (χ3v) is 3.66. The Hall–Kier alpha value is -2.90. The molecule has 3 heterocycles. The molecule has 0 bridgehead atoms. The van der Waals surface area contributed by atoms with Crippen LogP contribution in [0.1, 0.15) is 11.4 Å². The first-order chi connectivity index (χ1) is 10.9. The highest BCUT2D eigenvalue weighted by molar-refractivity contribution is 5.84. The van der Waals surface area contributed by atoms with Crippen molar-refractivity contribution in [1.29, 1.82) is 0 Å². The number of aromatic amines is 1. The molecule has 0 aliphatic carbocycles. The highest BCUT2D eigenvalue weighted by Crippen LogP contribution is 2.34. The molecule has 0 spiro atoms. The number of hydrogen-bond donors (Lipinski definition) is 1. The Morgan fingerprint density at radius 3 is 2.83 bits per heavy atom. The summed E-state index contributed by atoms with van der Waals surface area (Å²) in [6.07, 6.45) is -1.56. The fraction of sp³-hybridized carbons (Fsp3) is 0.133. The monoisotopic (exact) mass is 317 g/mol. The number of H-pyrrole nitrogens is 1. The smallest absolute Gasteiger partial charge is 0.278 e. The first-order valence-corrected chi connectivity index (χ1v) is 6.80. The zero-order valence-electron chi connectivity index (χ0n) is 11.9. The van der Waals surface area contributed by atoms with Gasteiger partial charge >= 0.3 is 6.18 Å². The van der Waals surface area contributed by atoms with Gasteiger partial charge in [-0.25, -0.2) is 9.97 Å². The second-order valence-corrected chi connectivity index (χ2v) is 5.21. The lowest BCUT2D eigenvalue weighted by Crippen LogP contribution is -2.14. The second kappa shape index (κ2) is 4.55. The van der Waals surface area contributed by atoms with Crippen molar-refractivity contribution in [2.75, 3.05) is 0 Å². The van der Waals surface area contributed by atoms with Crippen LogP contribution in [0, 0.1) is 6.92 Å². The largest absolute Gasteiger partial charge is 0.450 e. The van der Waals surface area contributed by atoms with Crippen LogP contribution in [0.5, 0.6) is 0 Å². The summed E-state index contributed by atoms with van der Waals surface area (Å²) in [4.78, 5) is 7.78. The molecule has 0 fully saturated rings. The summed E-state index contributed by atoms with van der Waals surface area (Å²) < 4.78 is 41.2. The molecule has 4 rings (SSSR count). The topological polar surface area (TPSA) is 59.4 Å². The van der Waals surface area contributed by atoms with Gasteiger partial charge < -0.3 is 0 Å². The first-order valence-electron chi connectivity index (χ1n) is 6.80. The summed E-state index contributed by atoms with van der Waals surface area (Å²) in [7, 11) is 0. The lowest BCUT2D eigenvalue weighted by Gasteiger charge is -2.12. The zero-order valence-corrected chi connectivity index (χ0v) is 11.9. The van der Waals surface area contributed by atoms with E-state index in [-0.39, 0.29) is 11.2 Å². The molecule has 5 nitrogen and oxygen atoms in total. The second-order valence-electron chi connectivity index (χ2n) is 5.21. The van der Waals surface area contributed by atoms with Crippen molar-refractivity contribution in [2.45, 2.75) is 13.1 Å². The molecule has 0 amide bonds. The number of nitrogens with one attached hydrogen (secondary N) is 1. The molecule has 0 atom stereocenters. The lowest BCUT2D eigenvalue weighted by atomic mass is 10.1. The van der Waals surface area contributed by atoms with E-state index in [2.05, 4.69) is 20.2 Å². The van der Waals surface area contributed by atoms with Gasteiger partial charge in [-0.05, 0) is 36.8 Å². The van der Waals surface area contributed by atoms with Gasteiger partial charge in [-0.1, -0.05) is 0 Å². The third-order valence-electron chi connectivity index (χ3n) is 3.66. The van der Waals surface area contributed by atoms with Crippen molar-refractivity contribution < 1.29 is 13.2 Å². The fourth-order valence-electron chi connectivity index (χ4n) is 2.69. The number of nitrogens with zero attached hydrogens (tertiary/aromatic N) is 4. The molecular formula is C15H10F3N5. The first kappa shape index (κ1) is 13.7. The number of halogens is 3. The molecule has 8 heteroatoms. The number of aryl methyl sites for hydroxylation is 1. The minimum Gasteiger partial charge on any atom is -0.278 e. The number of hydrogen-bond acceptors (Lipinski definition) is 3. The lowest BCUT2D eigenvalue weighted by molar-refractivity contribution is -0.145. The van der Waals surface area contributed by atoms with Crippen LogP contribution in [0.25, 0.3) is 27.8 Å². The van der Waals surface area contributed by atoms with Gasteiger partial charge in [0, 0.05) is 11.6 Å². The van der Waals surface area contributed by atoms with Gasteiger partial charge in [0.15, 0.2) is 5.65 Å². The molecule has 23 heavy (non-hydrogen) atoms. The van der Waals surface area contributed by atoms with Crippen LogP contribution in [-0.2, 0) is 6.18 Å². The maximum absolute atomic E-state index is 13.4. The normalized spacial score (nSPS) is 12.3. The van der Waals surface area contributed by atoms with Crippen molar-refractivity contribution in [1.82, 2.24) is 24.7 Å². The Morgan fingerprint density at radius 1 is 1.22 bits per heavy atom. The minimum atomic E-state index is -4.58. The molecule has 0 aliphatic rings. The molecule has 0 saturated carbocycles. The van der Waals surface area contributed by atoms with Crippen molar-refractivity contribution in [3.63, 3.8) is 0 Å². The Balaban J connectivity index is 2.10. The average Bonchev–Trinajstić information content (AvgIpc) is 3.10. The van der Waals surface area contributed by atoms with Gasteiger partial charge in [0.05, 0.1) is 17.4 Å². The van der Waals surface area contributed by atoms with Crippen molar-refractivity contribution in [3.05, 3.63) is 48.0 Å². The Bertz CT molecular complexity index is 1030. The molecule has 0 radical (unpaired) electrons. The zero-order chi connectivity index (χ0) is 16.2. The number of rotatable bonds is 1. The molecule has 1 N–H and O–H groups in total. The van der Waals surface area contributed by atoms with Crippen LogP contribution >= 0.6 is 0 Å². The van der Waals surface area contributed by atoms with E-state index in [1.807, 2.05) is 6.92 Å². The number of fused-ring (bicyclic) bond motifs is 2. The maximum atomic E-state index is 13.4. The van der Waals surface area contributed by atoms with E-state index in [1.165, 1.54) is 12.3 Å². The van der Waals surface area contributed by atoms with Crippen molar-refractivity contribution >= 4 is 22.1 Å². The van der Waals surface area contributed by atoms with E-state index in [0.29, 0.717) is 5.69 Å². The van der Waals surface area contributed by atoms with Gasteiger partial charge in [0.25, 0.3) is 0 Å². The number of imidazole rings is 1. The van der Waals surface area contributed by atoms with Crippen LogP contribution < -0.4 is 0 Å². The third kappa shape index (κ3) is 2.06. The maximum Gasteiger partial charge on any atom is 0.450 e. The van der Waals surface area contributed by atoms with E-state index in [0.717, 1.165) is 21.0 Å². The fourth-order valence-corrected chi connectivity index (χ4v) is 2.69. The van der Waals surface area contributed by atoms with Crippen LogP contribution in [0.3, 0.4) is 0 Å². The number of pyridine rings is 1. The van der Waals surface area contributed by atoms with Crippen LogP contribution in [0.4, 0.5) is 13.2 Å². The molecule has 1 aromatic carbocycles. The summed E-state index contributed by atoms with van der Waals surface area (Å²) in [5, 5.41) is 7.49. The van der Waals surface area contributed by atoms with E-state index in [4.69, 9.17) is 0 Å². The predicted molar refractivity (Wildman–Crippen MR) is 78.3 cm³/mol. The summed E-state index contributed by atoms with van der Waals surface area (Å²) in [5.74, 6) is -0.992. The molecule has 3 aromatic heterocycles. The van der Waals surface area contributed by atoms with Gasteiger partial charge in [0.1, 0.15) is 5.52 Å². The number of alkyl halides is 3. The van der Waals surface area contributed by atoms with Crippen LogP contribution in [0.15, 0.2) is 36.7 Å². The van der Waals surface area contributed by atoms with Gasteiger partial charge in [-0.3, -0.25) is 9.67 Å². The quantitative estimate of drug-likeness (QED) is 0.583. The Kier molecular flexibility index (Phi) is 2.72. The molecule has 0 saturated heterocycles. The molecule has 116 valence electrons. The molecular weight excluding hydrogens is 307 g/mol. The minimum absolute atomic E-state index is 0.169. The highest BCUT2D eigenvalue weighted by Gasteiger charge is 2.38. The van der Waals surface area contributed by atoms with Crippen molar-refractivity contribution in [2.24, 2.45) is 0 Å². The number of aromatic nitrogens is 5. The summed E-state index contributed by atoms with van der Waals surface area (Å²) >= 11 is 0. The van der Waals surface area contributed by atoms with Gasteiger partial charge in [-0.2, -0.15) is 18.3 Å². The van der Waals surface area contributed by atoms with E-state index in [1.54, 1.807) is 24.4 Å². The summed E-state index contributed by atoms with van der Waals surface area (Å²) in [6, 6.07) is 6.37. The summed E-state index contributed by atoms with van der Waals surface area (Å²) in [5.41, 5.74) is 2.30. The molecule has 0 unspecified atom stereocenters. The van der Waals surface area contributed by atoms with Crippen LogP contribution in [0.2, 0.25) is 0 Å². The Morgan fingerprint density at radius 2 is 2.04 bits per heavy atom. The Labute approximate surface area is 127 Å². The molecule has 4 aromatic rings. The standard InChI is InChI=1S/C15H10F3N5/c1-8-5-10(6-9-7-20-22-12(8)9)23-13-11(3-2-4-19-13)21-14(23)15(16,17)18/h2-7H,1H3,(H,20,22). The van der Waals surface area contributed by atoms with Crippen molar-refractivity contribution in [3.8, 4) is 5.69 Å². The van der Waals surface area contributed by atoms with Gasteiger partial charge in [-0.15, -0.1) is 0 Å². The number of benzene rings is 1. The van der Waals surface area contributed by atoms with Crippen LogP contribution in [-0.4, -0.2) is 24.7 Å². The predicted octanol–water partition coefficient (Wildman–Crippen LogP) is 3.62. The van der Waals surface area contributed by atoms with E-state index < -0.39 is 12.0 Å². The highest BCUT2D eigenvalue weighted by atomic mass is 19.4. The average molecular weight is 317 g/mol.